The summed E-state index contributed by atoms with van der Waals surface area (Å²) >= 11 is 0. The van der Waals surface area contributed by atoms with Crippen LogP contribution >= 0.6 is 0 Å². The van der Waals surface area contributed by atoms with Crippen LogP contribution in [-0.4, -0.2) is 75.5 Å². The van der Waals surface area contributed by atoms with Crippen molar-refractivity contribution in [3.05, 3.63) is 60.8 Å². The summed E-state index contributed by atoms with van der Waals surface area (Å²) in [6, 6.07) is -0.735. The summed E-state index contributed by atoms with van der Waals surface area (Å²) in [5, 5.41) is 11.6. The SMILES string of the molecule is CC/C=C/C/C=C/C/C=C/C/C=C/C/C=C/CCC(=O)OCC(COCCC(C(=O)[O-])[N+](C)(C)C)OC(=O)CCCCCCCCCCCC. The first kappa shape index (κ1) is 47.0. The monoisotopic (exact) mass is 702 g/mol. The van der Waals surface area contributed by atoms with E-state index in [1.165, 1.54) is 44.9 Å². The predicted molar refractivity (Wildman–Crippen MR) is 203 cm³/mol. The second kappa shape index (κ2) is 33.2. The Morgan fingerprint density at radius 1 is 0.620 bits per heavy atom. The average Bonchev–Trinajstić information content (AvgIpc) is 3.06. The summed E-state index contributed by atoms with van der Waals surface area (Å²) in [6.07, 6.45) is 38.3. The molecule has 0 saturated heterocycles. The molecule has 8 nitrogen and oxygen atoms in total. The van der Waals surface area contributed by atoms with E-state index in [9.17, 15) is 19.5 Å². The van der Waals surface area contributed by atoms with E-state index in [0.717, 1.165) is 51.4 Å². The first-order valence-corrected chi connectivity index (χ1v) is 19.3. The lowest BCUT2D eigenvalue weighted by Crippen LogP contribution is -2.55. The Labute approximate surface area is 305 Å². The number of quaternary nitrogens is 1. The molecule has 0 aromatic heterocycles. The molecule has 0 saturated carbocycles. The second-order valence-corrected chi connectivity index (χ2v) is 13.8. The number of likely N-dealkylation sites (N-methyl/N-ethyl adjacent to an activating group) is 1. The molecular weight excluding hydrogens is 630 g/mol. The number of hydrogen-bond acceptors (Lipinski definition) is 7. The molecule has 2 atom stereocenters. The van der Waals surface area contributed by atoms with Gasteiger partial charge < -0.3 is 28.6 Å². The van der Waals surface area contributed by atoms with Crippen molar-refractivity contribution < 1.29 is 38.2 Å². The lowest BCUT2D eigenvalue weighted by atomic mass is 10.1. The molecule has 0 N–H and O–H groups in total. The minimum Gasteiger partial charge on any atom is -0.544 e. The molecule has 0 radical (unpaired) electrons. The van der Waals surface area contributed by atoms with Crippen molar-refractivity contribution >= 4 is 17.9 Å². The average molecular weight is 702 g/mol. The Balaban J connectivity index is 4.53. The van der Waals surface area contributed by atoms with Gasteiger partial charge in [0.05, 0.1) is 40.3 Å². The maximum atomic E-state index is 12.6. The summed E-state index contributed by atoms with van der Waals surface area (Å²) in [5.41, 5.74) is 0. The van der Waals surface area contributed by atoms with Crippen molar-refractivity contribution in [3.63, 3.8) is 0 Å². The standard InChI is InChI=1S/C42H71NO7/c1-6-8-10-12-14-16-18-19-20-21-22-23-25-26-28-30-32-40(44)49-37-38(36-48-35-34-39(42(46)47)43(3,4)5)50-41(45)33-31-29-27-24-17-15-13-11-9-7-2/h8,10,14,16,19-20,22-23,26,28,38-39H,6-7,9,11-13,15,17-18,21,24-25,27,29-37H2,1-5H3/b10-8+,16-14+,20-19+,23-22+,28-26+. The number of carboxylic acids is 1. The van der Waals surface area contributed by atoms with Crippen molar-refractivity contribution in [1.29, 1.82) is 0 Å². The molecule has 0 aromatic rings. The number of carbonyl (C=O) groups excluding carboxylic acids is 3. The molecule has 0 aliphatic heterocycles. The minimum absolute atomic E-state index is 0.0166. The van der Waals surface area contributed by atoms with Gasteiger partial charge in [-0.05, 0) is 44.9 Å². The molecule has 0 aliphatic rings. The number of carboxylic acid groups (broad SMARTS) is 1. The predicted octanol–water partition coefficient (Wildman–Crippen LogP) is 8.52. The zero-order chi connectivity index (χ0) is 37.1. The molecule has 0 amide bonds. The quantitative estimate of drug-likeness (QED) is 0.0293. The van der Waals surface area contributed by atoms with E-state index < -0.39 is 18.1 Å². The van der Waals surface area contributed by atoms with E-state index in [-0.39, 0.29) is 49.1 Å². The molecule has 50 heavy (non-hydrogen) atoms. The summed E-state index contributed by atoms with van der Waals surface area (Å²) < 4.78 is 17.0. The number of unbranched alkanes of at least 4 members (excludes halogenated alkanes) is 9. The lowest BCUT2D eigenvalue weighted by Gasteiger charge is -2.34. The fraction of sp³-hybridized carbons (Fsp3) is 0.690. The van der Waals surface area contributed by atoms with Gasteiger partial charge in [0, 0.05) is 19.3 Å². The van der Waals surface area contributed by atoms with Crippen LogP contribution in [0.15, 0.2) is 60.8 Å². The molecule has 0 spiro atoms. The molecule has 286 valence electrons. The van der Waals surface area contributed by atoms with Crippen molar-refractivity contribution in [2.75, 3.05) is 41.0 Å². The zero-order valence-electron chi connectivity index (χ0n) is 32.3. The Bertz CT molecular complexity index is 1010. The lowest BCUT2D eigenvalue weighted by molar-refractivity contribution is -0.889. The van der Waals surface area contributed by atoms with Crippen LogP contribution in [0.2, 0.25) is 0 Å². The summed E-state index contributed by atoms with van der Waals surface area (Å²) in [5.74, 6) is -1.85. The van der Waals surface area contributed by atoms with Crippen molar-refractivity contribution in [1.82, 2.24) is 0 Å². The topological polar surface area (TPSA) is 102 Å². The highest BCUT2D eigenvalue weighted by Gasteiger charge is 2.25. The molecule has 0 bridgehead atoms. The van der Waals surface area contributed by atoms with E-state index in [1.807, 2.05) is 12.2 Å². The summed E-state index contributed by atoms with van der Waals surface area (Å²) in [7, 11) is 5.37. The van der Waals surface area contributed by atoms with Crippen molar-refractivity contribution in [3.8, 4) is 0 Å². The Hall–Kier alpha value is -2.97. The van der Waals surface area contributed by atoms with Crippen LogP contribution in [0.3, 0.4) is 0 Å². The van der Waals surface area contributed by atoms with Gasteiger partial charge in [-0.1, -0.05) is 132 Å². The largest absolute Gasteiger partial charge is 0.544 e. The molecule has 0 heterocycles. The number of allylic oxidation sites excluding steroid dienone is 10. The number of nitrogens with zero attached hydrogens (tertiary/aromatic N) is 1. The van der Waals surface area contributed by atoms with E-state index in [4.69, 9.17) is 14.2 Å². The first-order chi connectivity index (χ1) is 24.1. The molecule has 2 unspecified atom stereocenters. The molecule has 0 aliphatic carbocycles. The zero-order valence-corrected chi connectivity index (χ0v) is 32.3. The van der Waals surface area contributed by atoms with Crippen LogP contribution < -0.4 is 5.11 Å². The highest BCUT2D eigenvalue weighted by molar-refractivity contribution is 5.70. The van der Waals surface area contributed by atoms with Gasteiger partial charge in [0.15, 0.2) is 6.10 Å². The van der Waals surface area contributed by atoms with Gasteiger partial charge in [0.2, 0.25) is 0 Å². The number of carbonyl (C=O) groups is 3. The Kier molecular flexibility index (Phi) is 31.2. The van der Waals surface area contributed by atoms with Crippen LogP contribution in [0.1, 0.15) is 136 Å². The fourth-order valence-electron chi connectivity index (χ4n) is 5.18. The fourth-order valence-corrected chi connectivity index (χ4v) is 5.18. The number of aliphatic carboxylic acids is 1. The van der Waals surface area contributed by atoms with Gasteiger partial charge in [-0.15, -0.1) is 0 Å². The van der Waals surface area contributed by atoms with Crippen LogP contribution in [-0.2, 0) is 28.6 Å². The summed E-state index contributed by atoms with van der Waals surface area (Å²) in [4.78, 5) is 36.6. The van der Waals surface area contributed by atoms with Crippen LogP contribution in [0.4, 0.5) is 0 Å². The number of esters is 2. The van der Waals surface area contributed by atoms with E-state index in [1.54, 1.807) is 21.1 Å². The Morgan fingerprint density at radius 2 is 1.12 bits per heavy atom. The van der Waals surface area contributed by atoms with Crippen LogP contribution in [0.5, 0.6) is 0 Å². The number of rotatable bonds is 33. The maximum Gasteiger partial charge on any atom is 0.306 e. The van der Waals surface area contributed by atoms with Gasteiger partial charge in [-0.2, -0.15) is 0 Å². The van der Waals surface area contributed by atoms with Crippen molar-refractivity contribution in [2.24, 2.45) is 0 Å². The van der Waals surface area contributed by atoms with Gasteiger partial charge in [-0.25, -0.2) is 0 Å². The number of ether oxygens (including phenoxy) is 3. The maximum absolute atomic E-state index is 12.6. The molecule has 0 rings (SSSR count). The van der Waals surface area contributed by atoms with E-state index in [0.29, 0.717) is 12.8 Å². The molecule has 0 aromatic carbocycles. The summed E-state index contributed by atoms with van der Waals surface area (Å²) in [6.45, 7) is 4.43. The van der Waals surface area contributed by atoms with Gasteiger partial charge in [0.1, 0.15) is 12.6 Å². The highest BCUT2D eigenvalue weighted by atomic mass is 16.6. The molecular formula is C42H71NO7. The third kappa shape index (κ3) is 31.0. The second-order valence-electron chi connectivity index (χ2n) is 13.8. The van der Waals surface area contributed by atoms with Gasteiger partial charge in [0.25, 0.3) is 0 Å². The molecule has 0 fully saturated rings. The van der Waals surface area contributed by atoms with Gasteiger partial charge in [-0.3, -0.25) is 9.59 Å². The van der Waals surface area contributed by atoms with Gasteiger partial charge >= 0.3 is 11.9 Å². The molecule has 8 heteroatoms. The van der Waals surface area contributed by atoms with Crippen molar-refractivity contribution in [2.45, 2.75) is 148 Å². The smallest absolute Gasteiger partial charge is 0.306 e. The van der Waals surface area contributed by atoms with Crippen LogP contribution in [0, 0.1) is 0 Å². The normalized spacial score (nSPS) is 13.7. The third-order valence-electron chi connectivity index (χ3n) is 8.18. The Morgan fingerprint density at radius 3 is 1.62 bits per heavy atom. The first-order valence-electron chi connectivity index (χ1n) is 19.3. The van der Waals surface area contributed by atoms with E-state index in [2.05, 4.69) is 62.5 Å². The van der Waals surface area contributed by atoms with Crippen LogP contribution in [0.25, 0.3) is 0 Å². The third-order valence-corrected chi connectivity index (χ3v) is 8.18. The minimum atomic E-state index is -1.14. The highest BCUT2D eigenvalue weighted by Crippen LogP contribution is 2.13. The number of hydrogen-bond donors (Lipinski definition) is 0. The van der Waals surface area contributed by atoms with E-state index >= 15 is 0 Å².